The molecule has 0 bridgehead atoms. The Kier molecular flexibility index (Phi) is 6.32. The molecular weight excluding hydrogens is 441 g/mol. The van der Waals surface area contributed by atoms with Crippen LogP contribution in [-0.4, -0.2) is 10.5 Å². The number of amides is 1. The van der Waals surface area contributed by atoms with E-state index in [9.17, 15) is 10.1 Å². The second-order valence-electron chi connectivity index (χ2n) is 7.46. The number of hydrogen-bond acceptors (Lipinski definition) is 2. The van der Waals surface area contributed by atoms with Gasteiger partial charge in [-0.05, 0) is 54.5 Å². The first-order valence-corrected chi connectivity index (χ1v) is 10.7. The van der Waals surface area contributed by atoms with E-state index >= 15 is 0 Å². The van der Waals surface area contributed by atoms with Gasteiger partial charge in [0, 0.05) is 44.9 Å². The normalized spacial score (nSPS) is 11.4. The quantitative estimate of drug-likeness (QED) is 0.262. The monoisotopic (exact) mass is 459 g/mol. The number of halogens is 2. The SMILES string of the molecule is Cc1cccc(NC(=O)/C(C#N)=C/c2cn(Cc3ccc(Cl)cc3Cl)c3ccccc23)c1. The van der Waals surface area contributed by atoms with Crippen LogP contribution in [0.25, 0.3) is 17.0 Å². The molecule has 0 unspecified atom stereocenters. The Morgan fingerprint density at radius 3 is 2.66 bits per heavy atom. The van der Waals surface area contributed by atoms with Gasteiger partial charge in [0.2, 0.25) is 0 Å². The summed E-state index contributed by atoms with van der Waals surface area (Å²) >= 11 is 12.4. The number of benzene rings is 3. The van der Waals surface area contributed by atoms with Crippen LogP contribution in [0.1, 0.15) is 16.7 Å². The second-order valence-corrected chi connectivity index (χ2v) is 8.30. The van der Waals surface area contributed by atoms with Crippen molar-refractivity contribution in [1.29, 1.82) is 5.26 Å². The van der Waals surface area contributed by atoms with Gasteiger partial charge in [-0.15, -0.1) is 0 Å². The van der Waals surface area contributed by atoms with Crippen LogP contribution in [0.4, 0.5) is 5.69 Å². The van der Waals surface area contributed by atoms with Crippen molar-refractivity contribution in [2.24, 2.45) is 0 Å². The zero-order valence-corrected chi connectivity index (χ0v) is 18.8. The zero-order valence-electron chi connectivity index (χ0n) is 17.3. The van der Waals surface area contributed by atoms with Gasteiger partial charge in [-0.2, -0.15) is 5.26 Å². The lowest BCUT2D eigenvalue weighted by atomic mass is 10.1. The molecule has 158 valence electrons. The Labute approximate surface area is 196 Å². The number of aromatic nitrogens is 1. The first-order chi connectivity index (χ1) is 15.4. The summed E-state index contributed by atoms with van der Waals surface area (Å²) in [4.78, 5) is 12.7. The topological polar surface area (TPSA) is 57.8 Å². The lowest BCUT2D eigenvalue weighted by Crippen LogP contribution is -2.13. The third kappa shape index (κ3) is 4.70. The predicted octanol–water partition coefficient (Wildman–Crippen LogP) is 6.85. The predicted molar refractivity (Wildman–Crippen MR) is 131 cm³/mol. The van der Waals surface area contributed by atoms with Crippen LogP contribution in [0.3, 0.4) is 0 Å². The molecule has 4 rings (SSSR count). The molecule has 4 nitrogen and oxygen atoms in total. The Morgan fingerprint density at radius 2 is 1.91 bits per heavy atom. The van der Waals surface area contributed by atoms with Gasteiger partial charge in [0.05, 0.1) is 0 Å². The van der Waals surface area contributed by atoms with Crippen LogP contribution in [0.5, 0.6) is 0 Å². The number of para-hydroxylation sites is 1. The van der Waals surface area contributed by atoms with Crippen molar-refractivity contribution in [1.82, 2.24) is 4.57 Å². The summed E-state index contributed by atoms with van der Waals surface area (Å²) in [5.41, 5.74) is 4.37. The average Bonchev–Trinajstić information content (AvgIpc) is 3.11. The zero-order chi connectivity index (χ0) is 22.7. The number of carbonyl (C=O) groups is 1. The molecule has 0 radical (unpaired) electrons. The molecule has 32 heavy (non-hydrogen) atoms. The molecule has 0 fully saturated rings. The third-order valence-electron chi connectivity index (χ3n) is 5.12. The number of fused-ring (bicyclic) bond motifs is 1. The van der Waals surface area contributed by atoms with Crippen molar-refractivity contribution < 1.29 is 4.79 Å². The molecule has 0 aliphatic carbocycles. The maximum atomic E-state index is 12.7. The van der Waals surface area contributed by atoms with Crippen LogP contribution < -0.4 is 5.32 Å². The maximum absolute atomic E-state index is 12.7. The highest BCUT2D eigenvalue weighted by Crippen LogP contribution is 2.27. The number of hydrogen-bond donors (Lipinski definition) is 1. The van der Waals surface area contributed by atoms with Crippen molar-refractivity contribution in [2.75, 3.05) is 5.32 Å². The molecule has 1 aromatic heterocycles. The van der Waals surface area contributed by atoms with Crippen molar-refractivity contribution in [3.8, 4) is 6.07 Å². The van der Waals surface area contributed by atoms with E-state index in [-0.39, 0.29) is 5.57 Å². The van der Waals surface area contributed by atoms with Crippen LogP contribution in [0, 0.1) is 18.3 Å². The molecule has 0 aliphatic heterocycles. The Morgan fingerprint density at radius 1 is 1.09 bits per heavy atom. The molecule has 1 amide bonds. The lowest BCUT2D eigenvalue weighted by Gasteiger charge is -2.08. The van der Waals surface area contributed by atoms with Crippen LogP contribution >= 0.6 is 23.2 Å². The smallest absolute Gasteiger partial charge is 0.266 e. The standard InChI is InChI=1S/C26H19Cl2N3O/c1-17-5-4-6-22(11-17)30-26(32)19(14-29)12-20-16-31(25-8-3-2-7-23(20)25)15-18-9-10-21(27)13-24(18)28/h2-13,16H,15H2,1H3,(H,30,32)/b19-12+. The minimum atomic E-state index is -0.448. The summed E-state index contributed by atoms with van der Waals surface area (Å²) in [6.45, 7) is 2.47. The number of anilines is 1. The van der Waals surface area contributed by atoms with Gasteiger partial charge < -0.3 is 9.88 Å². The maximum Gasteiger partial charge on any atom is 0.266 e. The molecule has 0 atom stereocenters. The van der Waals surface area contributed by atoms with E-state index in [0.29, 0.717) is 22.3 Å². The summed E-state index contributed by atoms with van der Waals surface area (Å²) < 4.78 is 2.05. The molecule has 0 saturated carbocycles. The molecule has 0 aliphatic rings. The van der Waals surface area contributed by atoms with E-state index in [4.69, 9.17) is 23.2 Å². The molecule has 3 aromatic carbocycles. The van der Waals surface area contributed by atoms with Crippen molar-refractivity contribution in [3.63, 3.8) is 0 Å². The van der Waals surface area contributed by atoms with E-state index in [1.807, 2.05) is 72.3 Å². The fourth-order valence-electron chi connectivity index (χ4n) is 3.58. The average molecular weight is 460 g/mol. The van der Waals surface area contributed by atoms with Gasteiger partial charge >= 0.3 is 0 Å². The molecule has 0 spiro atoms. The molecule has 1 heterocycles. The Bertz CT molecular complexity index is 1400. The highest BCUT2D eigenvalue weighted by Gasteiger charge is 2.14. The summed E-state index contributed by atoms with van der Waals surface area (Å²) in [6, 6.07) is 22.7. The lowest BCUT2D eigenvalue weighted by molar-refractivity contribution is -0.112. The van der Waals surface area contributed by atoms with Crippen molar-refractivity contribution >= 4 is 51.8 Å². The van der Waals surface area contributed by atoms with E-state index < -0.39 is 5.91 Å². The highest BCUT2D eigenvalue weighted by molar-refractivity contribution is 6.35. The molecule has 1 N–H and O–H groups in total. The summed E-state index contributed by atoms with van der Waals surface area (Å²) in [5.74, 6) is -0.448. The summed E-state index contributed by atoms with van der Waals surface area (Å²) in [6.07, 6.45) is 3.54. The number of carbonyl (C=O) groups excluding carboxylic acids is 1. The minimum absolute atomic E-state index is 0.0268. The van der Waals surface area contributed by atoms with Crippen LogP contribution in [-0.2, 0) is 11.3 Å². The van der Waals surface area contributed by atoms with Gasteiger partial charge in [0.15, 0.2) is 0 Å². The number of rotatable bonds is 5. The molecule has 4 aromatic rings. The molecule has 0 saturated heterocycles. The fourth-order valence-corrected chi connectivity index (χ4v) is 4.05. The number of aryl methyl sites for hydroxylation is 1. The molecular formula is C26H19Cl2N3O. The van der Waals surface area contributed by atoms with E-state index in [2.05, 4.69) is 5.32 Å². The first kappa shape index (κ1) is 21.7. The Balaban J connectivity index is 1.69. The minimum Gasteiger partial charge on any atom is -0.342 e. The van der Waals surface area contributed by atoms with E-state index in [0.717, 1.165) is 27.6 Å². The third-order valence-corrected chi connectivity index (χ3v) is 5.70. The number of nitriles is 1. The van der Waals surface area contributed by atoms with Crippen molar-refractivity contribution in [3.05, 3.63) is 105 Å². The molecule has 6 heteroatoms. The van der Waals surface area contributed by atoms with Crippen LogP contribution in [0.2, 0.25) is 10.0 Å². The van der Waals surface area contributed by atoms with Gasteiger partial charge in [0.1, 0.15) is 11.6 Å². The largest absolute Gasteiger partial charge is 0.342 e. The van der Waals surface area contributed by atoms with E-state index in [1.54, 1.807) is 24.3 Å². The Hall–Kier alpha value is -3.52. The van der Waals surface area contributed by atoms with Gasteiger partial charge in [-0.3, -0.25) is 4.79 Å². The van der Waals surface area contributed by atoms with Crippen LogP contribution in [0.15, 0.2) is 78.5 Å². The fraction of sp³-hybridized carbons (Fsp3) is 0.0769. The summed E-state index contributed by atoms with van der Waals surface area (Å²) in [7, 11) is 0. The van der Waals surface area contributed by atoms with Gasteiger partial charge in [-0.1, -0.05) is 59.6 Å². The number of nitrogens with one attached hydrogen (secondary N) is 1. The first-order valence-electron chi connectivity index (χ1n) is 9.96. The van der Waals surface area contributed by atoms with Gasteiger partial charge in [-0.25, -0.2) is 0 Å². The highest BCUT2D eigenvalue weighted by atomic mass is 35.5. The summed E-state index contributed by atoms with van der Waals surface area (Å²) in [5, 5.41) is 14.6. The van der Waals surface area contributed by atoms with E-state index in [1.165, 1.54) is 0 Å². The second kappa shape index (κ2) is 9.32. The van der Waals surface area contributed by atoms with Crippen molar-refractivity contribution in [2.45, 2.75) is 13.5 Å². The van der Waals surface area contributed by atoms with Gasteiger partial charge in [0.25, 0.3) is 5.91 Å². The number of nitrogens with zero attached hydrogens (tertiary/aromatic N) is 2.